The van der Waals surface area contributed by atoms with Crippen molar-refractivity contribution in [2.75, 3.05) is 0 Å². The number of nitrogens with zero attached hydrogens (tertiary/aromatic N) is 1. The Balaban J connectivity index is 3.29. The molecule has 94 valence electrons. The summed E-state index contributed by atoms with van der Waals surface area (Å²) in [7, 11) is 0. The van der Waals surface area contributed by atoms with Gasteiger partial charge in [-0.1, -0.05) is 19.9 Å². The van der Waals surface area contributed by atoms with Gasteiger partial charge in [0, 0.05) is 18.3 Å². The zero-order valence-electron chi connectivity index (χ0n) is 10.7. The van der Waals surface area contributed by atoms with Gasteiger partial charge >= 0.3 is 5.97 Å². The Bertz CT molecular complexity index is 472. The largest absolute Gasteiger partial charge is 0.481 e. The van der Waals surface area contributed by atoms with Gasteiger partial charge in [-0.3, -0.25) is 9.59 Å². The van der Waals surface area contributed by atoms with Crippen LogP contribution >= 0.6 is 0 Å². The molecule has 4 nitrogen and oxygen atoms in total. The van der Waals surface area contributed by atoms with Crippen LogP contribution in [0.4, 0.5) is 0 Å². The molecular weight excluding hydrogens is 218 g/mol. The van der Waals surface area contributed by atoms with Crippen molar-refractivity contribution in [2.24, 2.45) is 5.92 Å². The second-order valence-corrected chi connectivity index (χ2v) is 5.20. The van der Waals surface area contributed by atoms with Crippen molar-refractivity contribution in [3.63, 3.8) is 0 Å². The third kappa shape index (κ3) is 2.75. The van der Waals surface area contributed by atoms with Gasteiger partial charge in [0.05, 0.1) is 5.41 Å². The third-order valence-electron chi connectivity index (χ3n) is 2.79. The Morgan fingerprint density at radius 3 is 2.53 bits per heavy atom. The van der Waals surface area contributed by atoms with E-state index in [1.54, 1.807) is 36.7 Å². The SMILES string of the molecule is CC(C)Cn1cccc(C(C)(C)C(=O)O)c1=O. The van der Waals surface area contributed by atoms with Crippen LogP contribution in [0.2, 0.25) is 0 Å². The molecule has 17 heavy (non-hydrogen) atoms. The molecule has 0 fully saturated rings. The molecule has 1 rings (SSSR count). The number of aliphatic carboxylic acids is 1. The molecule has 0 atom stereocenters. The Labute approximate surface area is 101 Å². The highest BCUT2D eigenvalue weighted by Gasteiger charge is 2.32. The Morgan fingerprint density at radius 1 is 1.47 bits per heavy atom. The van der Waals surface area contributed by atoms with Crippen molar-refractivity contribution < 1.29 is 9.90 Å². The van der Waals surface area contributed by atoms with Gasteiger partial charge in [0.1, 0.15) is 0 Å². The predicted octanol–water partition coefficient (Wildman–Crippen LogP) is 1.87. The molecule has 1 heterocycles. The van der Waals surface area contributed by atoms with Gasteiger partial charge in [0.15, 0.2) is 0 Å². The van der Waals surface area contributed by atoms with Gasteiger partial charge in [-0.05, 0) is 25.8 Å². The molecule has 1 aromatic rings. The fraction of sp³-hybridized carbons (Fsp3) is 0.538. The average molecular weight is 237 g/mol. The second-order valence-electron chi connectivity index (χ2n) is 5.20. The Morgan fingerprint density at radius 2 is 2.06 bits per heavy atom. The van der Waals surface area contributed by atoms with E-state index in [-0.39, 0.29) is 5.56 Å². The maximum atomic E-state index is 12.2. The zero-order chi connectivity index (χ0) is 13.2. The summed E-state index contributed by atoms with van der Waals surface area (Å²) in [6.07, 6.45) is 1.70. The molecule has 0 aliphatic carbocycles. The lowest BCUT2D eigenvalue weighted by atomic mass is 9.85. The van der Waals surface area contributed by atoms with Gasteiger partial charge in [0.2, 0.25) is 0 Å². The van der Waals surface area contributed by atoms with Crippen LogP contribution in [0.5, 0.6) is 0 Å². The summed E-state index contributed by atoms with van der Waals surface area (Å²) >= 11 is 0. The first kappa shape index (κ1) is 13.5. The highest BCUT2D eigenvalue weighted by molar-refractivity contribution is 5.80. The van der Waals surface area contributed by atoms with Crippen molar-refractivity contribution in [1.82, 2.24) is 4.57 Å². The third-order valence-corrected chi connectivity index (χ3v) is 2.79. The molecule has 0 saturated heterocycles. The van der Waals surface area contributed by atoms with E-state index < -0.39 is 11.4 Å². The average Bonchev–Trinajstić information content (AvgIpc) is 2.20. The maximum Gasteiger partial charge on any atom is 0.313 e. The summed E-state index contributed by atoms with van der Waals surface area (Å²) in [5.74, 6) is -0.646. The minimum atomic E-state index is -1.16. The van der Waals surface area contributed by atoms with Crippen LogP contribution in [0.1, 0.15) is 33.3 Å². The lowest BCUT2D eigenvalue weighted by Crippen LogP contribution is -2.37. The van der Waals surface area contributed by atoms with Crippen molar-refractivity contribution in [3.8, 4) is 0 Å². The van der Waals surface area contributed by atoms with Crippen LogP contribution in [0, 0.1) is 5.92 Å². The molecular formula is C13H19NO3. The van der Waals surface area contributed by atoms with E-state index in [2.05, 4.69) is 0 Å². The fourth-order valence-electron chi connectivity index (χ4n) is 1.66. The molecule has 1 N–H and O–H groups in total. The van der Waals surface area contributed by atoms with E-state index in [0.717, 1.165) is 0 Å². The van der Waals surface area contributed by atoms with Gasteiger partial charge in [-0.15, -0.1) is 0 Å². The number of carboxylic acids is 1. The quantitative estimate of drug-likeness (QED) is 0.869. The van der Waals surface area contributed by atoms with Gasteiger partial charge in [-0.2, -0.15) is 0 Å². The first-order valence-electron chi connectivity index (χ1n) is 5.70. The molecule has 0 saturated carbocycles. The molecule has 0 spiro atoms. The van der Waals surface area contributed by atoms with Crippen molar-refractivity contribution >= 4 is 5.97 Å². The number of pyridine rings is 1. The van der Waals surface area contributed by atoms with Gasteiger partial charge in [-0.25, -0.2) is 0 Å². The summed E-state index contributed by atoms with van der Waals surface area (Å²) < 4.78 is 1.57. The highest BCUT2D eigenvalue weighted by atomic mass is 16.4. The summed E-state index contributed by atoms with van der Waals surface area (Å²) in [5, 5.41) is 9.14. The standard InChI is InChI=1S/C13H19NO3/c1-9(2)8-14-7-5-6-10(11(14)15)13(3,4)12(16)17/h5-7,9H,8H2,1-4H3,(H,16,17). The van der Waals surface area contributed by atoms with Gasteiger partial charge in [0.25, 0.3) is 5.56 Å². The molecule has 0 aliphatic rings. The smallest absolute Gasteiger partial charge is 0.313 e. The van der Waals surface area contributed by atoms with E-state index in [9.17, 15) is 9.59 Å². The van der Waals surface area contributed by atoms with Crippen LogP contribution in [0.25, 0.3) is 0 Å². The summed E-state index contributed by atoms with van der Waals surface area (Å²) in [6, 6.07) is 3.32. The van der Waals surface area contributed by atoms with E-state index >= 15 is 0 Å². The van der Waals surface area contributed by atoms with E-state index in [4.69, 9.17) is 5.11 Å². The summed E-state index contributed by atoms with van der Waals surface area (Å²) in [6.45, 7) is 7.73. The van der Waals surface area contributed by atoms with Crippen LogP contribution in [0.15, 0.2) is 23.1 Å². The maximum absolute atomic E-state index is 12.2. The number of carboxylic acid groups (broad SMARTS) is 1. The lowest BCUT2D eigenvalue weighted by molar-refractivity contribution is -0.142. The fourth-order valence-corrected chi connectivity index (χ4v) is 1.66. The first-order chi connectivity index (χ1) is 7.76. The van der Waals surface area contributed by atoms with Gasteiger partial charge < -0.3 is 9.67 Å². The molecule has 0 radical (unpaired) electrons. The Kier molecular flexibility index (Phi) is 3.76. The monoisotopic (exact) mass is 237 g/mol. The molecule has 0 unspecified atom stereocenters. The molecule has 0 amide bonds. The number of rotatable bonds is 4. The summed E-state index contributed by atoms with van der Waals surface area (Å²) in [4.78, 5) is 23.3. The first-order valence-corrected chi connectivity index (χ1v) is 5.70. The zero-order valence-corrected chi connectivity index (χ0v) is 10.7. The molecule has 0 aliphatic heterocycles. The van der Waals surface area contributed by atoms with Crippen LogP contribution < -0.4 is 5.56 Å². The number of aromatic nitrogens is 1. The van der Waals surface area contributed by atoms with Crippen molar-refractivity contribution in [1.29, 1.82) is 0 Å². The van der Waals surface area contributed by atoms with E-state index in [1.807, 2.05) is 13.8 Å². The Hall–Kier alpha value is -1.58. The van der Waals surface area contributed by atoms with Crippen LogP contribution in [0.3, 0.4) is 0 Å². The lowest BCUT2D eigenvalue weighted by Gasteiger charge is -2.20. The minimum Gasteiger partial charge on any atom is -0.481 e. The molecule has 0 bridgehead atoms. The van der Waals surface area contributed by atoms with Crippen molar-refractivity contribution in [3.05, 3.63) is 34.2 Å². The minimum absolute atomic E-state index is 0.214. The molecule has 4 heteroatoms. The van der Waals surface area contributed by atoms with E-state index in [0.29, 0.717) is 18.0 Å². The van der Waals surface area contributed by atoms with E-state index in [1.165, 1.54) is 0 Å². The van der Waals surface area contributed by atoms with Crippen LogP contribution in [-0.4, -0.2) is 15.6 Å². The number of hydrogen-bond donors (Lipinski definition) is 1. The predicted molar refractivity (Wildman–Crippen MR) is 66.2 cm³/mol. The van der Waals surface area contributed by atoms with Crippen LogP contribution in [-0.2, 0) is 16.8 Å². The highest BCUT2D eigenvalue weighted by Crippen LogP contribution is 2.19. The number of carbonyl (C=O) groups is 1. The second kappa shape index (κ2) is 4.73. The number of hydrogen-bond acceptors (Lipinski definition) is 2. The normalized spacial score (nSPS) is 11.8. The topological polar surface area (TPSA) is 59.3 Å². The van der Waals surface area contributed by atoms with Crippen molar-refractivity contribution in [2.45, 2.75) is 39.7 Å². The molecule has 1 aromatic heterocycles. The summed E-state index contributed by atoms with van der Waals surface area (Å²) in [5.41, 5.74) is -1.04. The molecule has 0 aromatic carbocycles.